The normalized spacial score (nSPS) is 10.7. The summed E-state index contributed by atoms with van der Waals surface area (Å²) in [4.78, 5) is 21.1. The summed E-state index contributed by atoms with van der Waals surface area (Å²) in [5.41, 5.74) is 2.39. The van der Waals surface area contributed by atoms with Crippen molar-refractivity contribution in [1.82, 2.24) is 19.9 Å². The summed E-state index contributed by atoms with van der Waals surface area (Å²) in [7, 11) is 1.63. The monoisotopic (exact) mass is 402 g/mol. The number of methoxy groups -OCH3 is 1. The first-order valence-electron chi connectivity index (χ1n) is 9.64. The molecule has 0 fully saturated rings. The van der Waals surface area contributed by atoms with Crippen LogP contribution in [-0.4, -0.2) is 34.2 Å². The summed E-state index contributed by atoms with van der Waals surface area (Å²) in [5.74, 6) is 2.07. The van der Waals surface area contributed by atoms with Gasteiger partial charge in [0.1, 0.15) is 23.9 Å². The number of benzene rings is 2. The zero-order chi connectivity index (χ0) is 20.8. The summed E-state index contributed by atoms with van der Waals surface area (Å²) < 4.78 is 13.2. The van der Waals surface area contributed by atoms with Gasteiger partial charge in [0.15, 0.2) is 0 Å². The van der Waals surface area contributed by atoms with Crippen LogP contribution in [0.25, 0.3) is 11.0 Å². The third-order valence-electron chi connectivity index (χ3n) is 4.69. The van der Waals surface area contributed by atoms with Crippen LogP contribution in [0.1, 0.15) is 16.2 Å². The number of fused-ring (bicyclic) bond motifs is 1. The Morgan fingerprint density at radius 1 is 1.07 bits per heavy atom. The summed E-state index contributed by atoms with van der Waals surface area (Å²) in [6, 6.07) is 18.9. The minimum Gasteiger partial charge on any atom is -0.497 e. The van der Waals surface area contributed by atoms with Crippen molar-refractivity contribution in [2.75, 3.05) is 13.7 Å². The molecule has 7 heteroatoms. The molecule has 0 radical (unpaired) electrons. The molecule has 0 aliphatic rings. The lowest BCUT2D eigenvalue weighted by molar-refractivity contribution is 0.0949. The number of carbonyl (C=O) groups excluding carboxylic acids is 1. The van der Waals surface area contributed by atoms with Gasteiger partial charge in [-0.15, -0.1) is 0 Å². The molecule has 1 N–H and O–H groups in total. The lowest BCUT2D eigenvalue weighted by Gasteiger charge is -2.12. The molecule has 0 unspecified atom stereocenters. The molecule has 2 heterocycles. The molecule has 2 aromatic heterocycles. The highest BCUT2D eigenvalue weighted by molar-refractivity contribution is 5.93. The number of ether oxygens (including phenoxy) is 2. The minimum absolute atomic E-state index is 0.186. The van der Waals surface area contributed by atoms with Gasteiger partial charge in [0.25, 0.3) is 5.91 Å². The minimum atomic E-state index is -0.186. The van der Waals surface area contributed by atoms with Crippen molar-refractivity contribution in [2.24, 2.45) is 0 Å². The van der Waals surface area contributed by atoms with Crippen LogP contribution in [0.3, 0.4) is 0 Å². The van der Waals surface area contributed by atoms with E-state index in [4.69, 9.17) is 9.47 Å². The fourth-order valence-electron chi connectivity index (χ4n) is 3.21. The van der Waals surface area contributed by atoms with Gasteiger partial charge in [-0.3, -0.25) is 9.78 Å². The van der Waals surface area contributed by atoms with Gasteiger partial charge >= 0.3 is 0 Å². The number of pyridine rings is 1. The van der Waals surface area contributed by atoms with E-state index in [1.165, 1.54) is 0 Å². The molecule has 0 saturated carbocycles. The fourth-order valence-corrected chi connectivity index (χ4v) is 3.21. The first-order chi connectivity index (χ1) is 14.7. The Hall–Kier alpha value is -3.87. The highest BCUT2D eigenvalue weighted by atomic mass is 16.5. The fraction of sp³-hybridized carbons (Fsp3) is 0.174. The van der Waals surface area contributed by atoms with Crippen molar-refractivity contribution in [2.45, 2.75) is 13.1 Å². The molecule has 30 heavy (non-hydrogen) atoms. The van der Waals surface area contributed by atoms with E-state index < -0.39 is 0 Å². The van der Waals surface area contributed by atoms with Gasteiger partial charge in [0, 0.05) is 18.5 Å². The largest absolute Gasteiger partial charge is 0.497 e. The highest BCUT2D eigenvalue weighted by Gasteiger charge is 2.12. The summed E-state index contributed by atoms with van der Waals surface area (Å²) >= 11 is 0. The third kappa shape index (κ3) is 4.41. The Kier molecular flexibility index (Phi) is 5.89. The van der Waals surface area contributed by atoms with Crippen LogP contribution >= 0.6 is 0 Å². The molecule has 0 bridgehead atoms. The quantitative estimate of drug-likeness (QED) is 0.488. The van der Waals surface area contributed by atoms with Gasteiger partial charge in [0.05, 0.1) is 36.8 Å². The van der Waals surface area contributed by atoms with Crippen molar-refractivity contribution in [3.8, 4) is 11.5 Å². The third-order valence-corrected chi connectivity index (χ3v) is 4.69. The maximum absolute atomic E-state index is 12.4. The van der Waals surface area contributed by atoms with E-state index in [1.54, 1.807) is 31.6 Å². The number of aromatic nitrogens is 3. The Balaban J connectivity index is 1.48. The number of amides is 1. The second kappa shape index (κ2) is 9.09. The van der Waals surface area contributed by atoms with E-state index in [0.717, 1.165) is 28.4 Å². The van der Waals surface area contributed by atoms with Crippen LogP contribution in [0.5, 0.6) is 11.5 Å². The summed E-state index contributed by atoms with van der Waals surface area (Å²) in [6.45, 7) is 1.36. The average Bonchev–Trinajstić information content (AvgIpc) is 3.16. The Morgan fingerprint density at radius 3 is 2.77 bits per heavy atom. The molecule has 4 rings (SSSR count). The van der Waals surface area contributed by atoms with Gasteiger partial charge in [-0.05, 0) is 36.4 Å². The zero-order valence-electron chi connectivity index (χ0n) is 16.6. The first kappa shape index (κ1) is 19.4. The molecule has 0 saturated heterocycles. The van der Waals surface area contributed by atoms with E-state index in [2.05, 4.69) is 19.9 Å². The smallest absolute Gasteiger partial charge is 0.253 e. The van der Waals surface area contributed by atoms with E-state index in [-0.39, 0.29) is 5.91 Å². The number of para-hydroxylation sites is 2. The maximum Gasteiger partial charge on any atom is 0.253 e. The number of hydrogen-bond acceptors (Lipinski definition) is 5. The highest BCUT2D eigenvalue weighted by Crippen LogP contribution is 2.20. The second-order valence-corrected chi connectivity index (χ2v) is 6.62. The zero-order valence-corrected chi connectivity index (χ0v) is 16.6. The molecule has 7 nitrogen and oxygen atoms in total. The molecule has 152 valence electrons. The van der Waals surface area contributed by atoms with E-state index in [0.29, 0.717) is 25.3 Å². The summed E-state index contributed by atoms with van der Waals surface area (Å²) in [6.07, 6.45) is 3.18. The van der Waals surface area contributed by atoms with Crippen molar-refractivity contribution in [1.29, 1.82) is 0 Å². The van der Waals surface area contributed by atoms with Gasteiger partial charge in [-0.2, -0.15) is 0 Å². The van der Waals surface area contributed by atoms with Crippen molar-refractivity contribution >= 4 is 16.9 Å². The second-order valence-electron chi connectivity index (χ2n) is 6.62. The van der Waals surface area contributed by atoms with Gasteiger partial charge < -0.3 is 19.4 Å². The predicted molar refractivity (Wildman–Crippen MR) is 114 cm³/mol. The predicted octanol–water partition coefficient (Wildman–Crippen LogP) is 3.45. The van der Waals surface area contributed by atoms with Crippen molar-refractivity contribution < 1.29 is 14.3 Å². The summed E-state index contributed by atoms with van der Waals surface area (Å²) in [5, 5.41) is 2.92. The number of imidazole rings is 1. The topological polar surface area (TPSA) is 78.3 Å². The molecule has 0 spiro atoms. The van der Waals surface area contributed by atoms with E-state index in [1.807, 2.05) is 48.5 Å². The van der Waals surface area contributed by atoms with Crippen LogP contribution in [0.2, 0.25) is 0 Å². The maximum atomic E-state index is 12.4. The molecule has 0 atom stereocenters. The SMILES string of the molecule is COc1cccc(OCCn2c(CNC(=O)c3cccnc3)nc3ccccc32)c1. The molecular weight excluding hydrogens is 380 g/mol. The number of rotatable bonds is 8. The molecule has 1 amide bonds. The number of carbonyl (C=O) groups is 1. The van der Waals surface area contributed by atoms with Crippen LogP contribution in [0.4, 0.5) is 0 Å². The van der Waals surface area contributed by atoms with E-state index in [9.17, 15) is 4.79 Å². The van der Waals surface area contributed by atoms with E-state index >= 15 is 0 Å². The van der Waals surface area contributed by atoms with Crippen molar-refractivity contribution in [3.63, 3.8) is 0 Å². The molecule has 4 aromatic rings. The first-order valence-corrected chi connectivity index (χ1v) is 9.64. The Labute approximate surface area is 174 Å². The lowest BCUT2D eigenvalue weighted by atomic mass is 10.3. The van der Waals surface area contributed by atoms with Crippen LogP contribution < -0.4 is 14.8 Å². The van der Waals surface area contributed by atoms with Crippen molar-refractivity contribution in [3.05, 3.63) is 84.4 Å². The van der Waals surface area contributed by atoms with Gasteiger partial charge in [-0.1, -0.05) is 18.2 Å². The van der Waals surface area contributed by atoms with Crippen LogP contribution in [0.15, 0.2) is 73.1 Å². The Morgan fingerprint density at radius 2 is 1.93 bits per heavy atom. The average molecular weight is 402 g/mol. The van der Waals surface area contributed by atoms with Gasteiger partial charge in [0.2, 0.25) is 0 Å². The Bertz CT molecular complexity index is 1140. The number of nitrogens with one attached hydrogen (secondary N) is 1. The molecule has 0 aliphatic heterocycles. The number of hydrogen-bond donors (Lipinski definition) is 1. The molecular formula is C23H22N4O3. The van der Waals surface area contributed by atoms with Crippen LogP contribution in [-0.2, 0) is 13.1 Å². The van der Waals surface area contributed by atoms with Gasteiger partial charge in [-0.25, -0.2) is 4.98 Å². The lowest BCUT2D eigenvalue weighted by Crippen LogP contribution is -2.25. The molecule has 0 aliphatic carbocycles. The van der Waals surface area contributed by atoms with Crippen LogP contribution in [0, 0.1) is 0 Å². The standard InChI is InChI=1S/C23H22N4O3/c1-29-18-7-4-8-19(14-18)30-13-12-27-21-10-3-2-9-20(21)26-22(27)16-25-23(28)17-6-5-11-24-15-17/h2-11,14-15H,12-13,16H2,1H3,(H,25,28). The number of nitrogens with zero attached hydrogens (tertiary/aromatic N) is 3. The molecule has 2 aromatic carbocycles.